The van der Waals surface area contributed by atoms with Crippen LogP contribution in [0.5, 0.6) is 0 Å². The van der Waals surface area contributed by atoms with Crippen LogP contribution < -0.4 is 10.6 Å². The number of aromatic nitrogens is 1. The topological polar surface area (TPSA) is 79.6 Å². The molecule has 0 aromatic carbocycles. The molecule has 0 unspecified atom stereocenters. The summed E-state index contributed by atoms with van der Waals surface area (Å²) in [5.74, 6) is 1.32. The van der Waals surface area contributed by atoms with Crippen LogP contribution in [0, 0.1) is 0 Å². The first-order chi connectivity index (χ1) is 11.8. The van der Waals surface area contributed by atoms with Gasteiger partial charge in [-0.3, -0.25) is 9.69 Å². The Morgan fingerprint density at radius 1 is 1.25 bits per heavy atom. The number of hydrogen-bond acceptors (Lipinski definition) is 6. The van der Waals surface area contributed by atoms with Crippen molar-refractivity contribution in [2.75, 3.05) is 44.7 Å². The first-order valence-electron chi connectivity index (χ1n) is 8.12. The van der Waals surface area contributed by atoms with E-state index in [4.69, 9.17) is 9.15 Å². The molecule has 7 nitrogen and oxygen atoms in total. The average molecular weight is 330 g/mol. The molecule has 0 radical (unpaired) electrons. The van der Waals surface area contributed by atoms with E-state index in [-0.39, 0.29) is 5.91 Å². The summed E-state index contributed by atoms with van der Waals surface area (Å²) in [5.41, 5.74) is 0.528. The molecule has 3 rings (SSSR count). The van der Waals surface area contributed by atoms with Gasteiger partial charge in [-0.1, -0.05) is 0 Å². The van der Waals surface area contributed by atoms with E-state index < -0.39 is 0 Å². The number of ether oxygens (including phenoxy) is 1. The summed E-state index contributed by atoms with van der Waals surface area (Å²) in [6, 6.07) is 7.20. The van der Waals surface area contributed by atoms with Crippen LogP contribution in [0.2, 0.25) is 0 Å². The average Bonchev–Trinajstić information content (AvgIpc) is 3.15. The van der Waals surface area contributed by atoms with Gasteiger partial charge in [0.25, 0.3) is 5.91 Å². The van der Waals surface area contributed by atoms with Crippen molar-refractivity contribution in [3.8, 4) is 0 Å². The van der Waals surface area contributed by atoms with Crippen molar-refractivity contribution in [3.63, 3.8) is 0 Å². The van der Waals surface area contributed by atoms with Gasteiger partial charge >= 0.3 is 0 Å². The van der Waals surface area contributed by atoms with Gasteiger partial charge in [0.15, 0.2) is 0 Å². The minimum atomic E-state index is -0.168. The fourth-order valence-electron chi connectivity index (χ4n) is 2.48. The zero-order valence-electron chi connectivity index (χ0n) is 13.5. The lowest BCUT2D eigenvalue weighted by Crippen LogP contribution is -2.39. The van der Waals surface area contributed by atoms with E-state index in [1.54, 1.807) is 24.6 Å². The number of carbonyl (C=O) groups excluding carboxylic acids is 1. The summed E-state index contributed by atoms with van der Waals surface area (Å²) in [4.78, 5) is 18.7. The van der Waals surface area contributed by atoms with Crippen molar-refractivity contribution in [3.05, 3.63) is 48.0 Å². The van der Waals surface area contributed by atoms with Crippen LogP contribution in [0.25, 0.3) is 0 Å². The largest absolute Gasteiger partial charge is 0.467 e. The number of amides is 1. The molecule has 0 spiro atoms. The van der Waals surface area contributed by atoms with E-state index in [0.29, 0.717) is 12.1 Å². The molecule has 2 N–H and O–H groups in total. The number of rotatable bonds is 7. The molecule has 1 aliphatic heterocycles. The maximum Gasteiger partial charge on any atom is 0.253 e. The highest BCUT2D eigenvalue weighted by Gasteiger charge is 2.10. The van der Waals surface area contributed by atoms with E-state index in [0.717, 1.165) is 51.0 Å². The Morgan fingerprint density at radius 2 is 2.12 bits per heavy atom. The second-order valence-electron chi connectivity index (χ2n) is 5.57. The standard InChI is InChI=1S/C17H22N4O3/c22-17(20-13-15-2-1-9-24-15)14-3-4-16(19-12-14)18-5-6-21-7-10-23-11-8-21/h1-4,9,12H,5-8,10-11,13H2,(H,18,19)(H,20,22). The molecule has 1 fully saturated rings. The van der Waals surface area contributed by atoms with E-state index in [1.807, 2.05) is 12.1 Å². The van der Waals surface area contributed by atoms with Crippen LogP contribution in [0.3, 0.4) is 0 Å². The number of morpholine rings is 1. The second-order valence-corrected chi connectivity index (χ2v) is 5.57. The van der Waals surface area contributed by atoms with Gasteiger partial charge in [-0.2, -0.15) is 0 Å². The molecule has 1 amide bonds. The summed E-state index contributed by atoms with van der Waals surface area (Å²) in [7, 11) is 0. The van der Waals surface area contributed by atoms with Crippen molar-refractivity contribution in [2.24, 2.45) is 0 Å². The smallest absolute Gasteiger partial charge is 0.253 e. The fraction of sp³-hybridized carbons (Fsp3) is 0.412. The minimum Gasteiger partial charge on any atom is -0.467 e. The van der Waals surface area contributed by atoms with Gasteiger partial charge in [-0.05, 0) is 24.3 Å². The van der Waals surface area contributed by atoms with Gasteiger partial charge < -0.3 is 19.8 Å². The molecule has 3 heterocycles. The summed E-state index contributed by atoms with van der Waals surface area (Å²) in [6.45, 7) is 5.70. The number of hydrogen-bond donors (Lipinski definition) is 2. The third kappa shape index (κ3) is 4.81. The molecule has 24 heavy (non-hydrogen) atoms. The number of nitrogens with zero attached hydrogens (tertiary/aromatic N) is 2. The predicted molar refractivity (Wildman–Crippen MR) is 89.9 cm³/mol. The summed E-state index contributed by atoms with van der Waals surface area (Å²) in [5, 5.41) is 6.07. The van der Waals surface area contributed by atoms with Crippen LogP contribution in [-0.4, -0.2) is 55.2 Å². The monoisotopic (exact) mass is 330 g/mol. The number of anilines is 1. The van der Waals surface area contributed by atoms with E-state index in [1.165, 1.54) is 0 Å². The Balaban J connectivity index is 1.41. The molecule has 7 heteroatoms. The highest BCUT2D eigenvalue weighted by molar-refractivity contribution is 5.93. The summed E-state index contributed by atoms with van der Waals surface area (Å²) in [6.07, 6.45) is 3.16. The van der Waals surface area contributed by atoms with Gasteiger partial charge in [0, 0.05) is 32.4 Å². The highest BCUT2D eigenvalue weighted by Crippen LogP contribution is 2.06. The van der Waals surface area contributed by atoms with Crippen molar-refractivity contribution >= 4 is 11.7 Å². The third-order valence-electron chi connectivity index (χ3n) is 3.87. The Bertz CT molecular complexity index is 622. The zero-order valence-corrected chi connectivity index (χ0v) is 13.5. The van der Waals surface area contributed by atoms with Crippen LogP contribution >= 0.6 is 0 Å². The number of furan rings is 1. The Morgan fingerprint density at radius 3 is 2.83 bits per heavy atom. The Labute approximate surface area is 141 Å². The molecule has 0 atom stereocenters. The Kier molecular flexibility index (Phi) is 5.81. The van der Waals surface area contributed by atoms with Crippen LogP contribution in [-0.2, 0) is 11.3 Å². The van der Waals surface area contributed by atoms with E-state index in [2.05, 4.69) is 20.5 Å². The lowest BCUT2D eigenvalue weighted by Gasteiger charge is -2.26. The van der Waals surface area contributed by atoms with Gasteiger partial charge in [0.05, 0.1) is 31.6 Å². The molecule has 0 bridgehead atoms. The molecule has 0 saturated carbocycles. The van der Waals surface area contributed by atoms with Crippen LogP contribution in [0.1, 0.15) is 16.1 Å². The van der Waals surface area contributed by atoms with Crippen molar-refractivity contribution in [2.45, 2.75) is 6.54 Å². The highest BCUT2D eigenvalue weighted by atomic mass is 16.5. The van der Waals surface area contributed by atoms with Crippen molar-refractivity contribution < 1.29 is 13.9 Å². The maximum absolute atomic E-state index is 12.0. The maximum atomic E-state index is 12.0. The number of pyridine rings is 1. The lowest BCUT2D eigenvalue weighted by atomic mass is 10.2. The van der Waals surface area contributed by atoms with Gasteiger partial charge in [0.1, 0.15) is 11.6 Å². The van der Waals surface area contributed by atoms with Gasteiger partial charge in [-0.15, -0.1) is 0 Å². The molecule has 2 aromatic rings. The predicted octanol–water partition coefficient (Wildman–Crippen LogP) is 1.35. The van der Waals surface area contributed by atoms with Crippen LogP contribution in [0.15, 0.2) is 41.1 Å². The Hall–Kier alpha value is -2.38. The zero-order chi connectivity index (χ0) is 16.6. The number of nitrogens with one attached hydrogen (secondary N) is 2. The first kappa shape index (κ1) is 16.5. The summed E-state index contributed by atoms with van der Waals surface area (Å²) >= 11 is 0. The minimum absolute atomic E-state index is 0.168. The lowest BCUT2D eigenvalue weighted by molar-refractivity contribution is 0.0398. The molecule has 0 aliphatic carbocycles. The fourth-order valence-corrected chi connectivity index (χ4v) is 2.48. The van der Waals surface area contributed by atoms with Crippen LogP contribution in [0.4, 0.5) is 5.82 Å². The molecule has 2 aromatic heterocycles. The quantitative estimate of drug-likeness (QED) is 0.798. The van der Waals surface area contributed by atoms with E-state index in [9.17, 15) is 4.79 Å². The molecule has 1 aliphatic rings. The first-order valence-corrected chi connectivity index (χ1v) is 8.12. The van der Waals surface area contributed by atoms with Crippen molar-refractivity contribution in [1.29, 1.82) is 0 Å². The molecular weight excluding hydrogens is 308 g/mol. The van der Waals surface area contributed by atoms with E-state index >= 15 is 0 Å². The normalized spacial score (nSPS) is 15.2. The SMILES string of the molecule is O=C(NCc1ccco1)c1ccc(NCCN2CCOCC2)nc1. The van der Waals surface area contributed by atoms with Crippen molar-refractivity contribution in [1.82, 2.24) is 15.2 Å². The molecular formula is C17H22N4O3. The summed E-state index contributed by atoms with van der Waals surface area (Å²) < 4.78 is 10.5. The second kappa shape index (κ2) is 8.47. The molecule has 1 saturated heterocycles. The van der Waals surface area contributed by atoms with Gasteiger partial charge in [0.2, 0.25) is 0 Å². The number of carbonyl (C=O) groups is 1. The third-order valence-corrected chi connectivity index (χ3v) is 3.87. The molecule has 128 valence electrons. The van der Waals surface area contributed by atoms with Gasteiger partial charge in [-0.25, -0.2) is 4.98 Å².